The van der Waals surface area contributed by atoms with Gasteiger partial charge in [-0.05, 0) is 25.5 Å². The van der Waals surface area contributed by atoms with Crippen LogP contribution >= 0.6 is 0 Å². The summed E-state index contributed by atoms with van der Waals surface area (Å²) in [5.41, 5.74) is 4.74. The summed E-state index contributed by atoms with van der Waals surface area (Å²) in [6.07, 6.45) is 2.08. The molecule has 35 heavy (non-hydrogen) atoms. The molecule has 1 amide bonds. The first-order chi connectivity index (χ1) is 17.1. The molecule has 0 atom stereocenters. The van der Waals surface area contributed by atoms with Gasteiger partial charge in [0, 0.05) is 30.8 Å². The predicted molar refractivity (Wildman–Crippen MR) is 136 cm³/mol. The van der Waals surface area contributed by atoms with Gasteiger partial charge < -0.3 is 19.6 Å². The van der Waals surface area contributed by atoms with E-state index in [1.807, 2.05) is 68.4 Å². The van der Waals surface area contributed by atoms with Crippen molar-refractivity contribution in [3.8, 4) is 17.1 Å². The molecule has 0 bridgehead atoms. The first-order valence-electron chi connectivity index (χ1n) is 12.0. The van der Waals surface area contributed by atoms with E-state index in [-0.39, 0.29) is 11.8 Å². The minimum Gasteiger partial charge on any atom is -0.493 e. The number of carbonyl (C=O) groups is 1. The maximum absolute atomic E-state index is 13.9. The van der Waals surface area contributed by atoms with E-state index < -0.39 is 0 Å². The first-order valence-corrected chi connectivity index (χ1v) is 12.0. The Morgan fingerprint density at radius 1 is 1.06 bits per heavy atom. The van der Waals surface area contributed by atoms with Crippen LogP contribution in [-0.2, 0) is 11.2 Å². The van der Waals surface area contributed by atoms with Gasteiger partial charge >= 0.3 is 0 Å². The number of aromatic nitrogens is 3. The Kier molecular flexibility index (Phi) is 6.37. The van der Waals surface area contributed by atoms with E-state index in [2.05, 4.69) is 10.00 Å². The molecule has 1 aliphatic rings. The van der Waals surface area contributed by atoms with Gasteiger partial charge in [-0.2, -0.15) is 9.61 Å². The quantitative estimate of drug-likeness (QED) is 0.455. The Labute approximate surface area is 204 Å². The smallest absolute Gasteiger partial charge is 0.263 e. The lowest BCUT2D eigenvalue weighted by Gasteiger charge is -2.33. The molecule has 1 saturated heterocycles. The zero-order valence-corrected chi connectivity index (χ0v) is 20.0. The van der Waals surface area contributed by atoms with Crippen LogP contribution in [0.1, 0.15) is 29.8 Å². The fourth-order valence-electron chi connectivity index (χ4n) is 4.66. The zero-order chi connectivity index (χ0) is 24.4. The number of amides is 1. The lowest BCUT2D eigenvalue weighted by Crippen LogP contribution is -2.38. The van der Waals surface area contributed by atoms with Gasteiger partial charge in [0.1, 0.15) is 5.56 Å². The molecule has 180 valence electrons. The Hall–Kier alpha value is -3.91. The minimum atomic E-state index is -0.210. The number of hydrogen-bond acceptors (Lipinski definition) is 6. The molecule has 5 rings (SSSR count). The lowest BCUT2D eigenvalue weighted by molar-refractivity contribution is 0.0989. The molecular weight excluding hydrogens is 442 g/mol. The highest BCUT2D eigenvalue weighted by Crippen LogP contribution is 2.34. The number of aromatic hydroxyl groups is 1. The number of anilines is 2. The third kappa shape index (κ3) is 4.10. The second kappa shape index (κ2) is 9.76. The molecule has 2 aromatic carbocycles. The number of carbonyl (C=O) groups excluding carboxylic acids is 1. The van der Waals surface area contributed by atoms with Gasteiger partial charge in [0.2, 0.25) is 5.88 Å². The second-order valence-electron chi connectivity index (χ2n) is 8.41. The molecule has 8 heteroatoms. The van der Waals surface area contributed by atoms with Crippen LogP contribution in [0.25, 0.3) is 16.9 Å². The predicted octanol–water partition coefficient (Wildman–Crippen LogP) is 4.17. The fraction of sp³-hybridized carbons (Fsp3) is 0.296. The summed E-state index contributed by atoms with van der Waals surface area (Å²) in [6, 6.07) is 17.6. The van der Waals surface area contributed by atoms with Crippen LogP contribution in [-0.4, -0.2) is 58.5 Å². The molecule has 2 aromatic heterocycles. The molecule has 8 nitrogen and oxygen atoms in total. The Morgan fingerprint density at radius 2 is 1.77 bits per heavy atom. The standard InChI is InChI=1S/C27H29N5O3/c1-3-20-24(19-10-6-5-7-11-19)29-25-21(18-28-32(25)27(20)34)26(33)31(4-2)23-13-9-8-12-22(23)30-14-16-35-17-15-30/h5-13,18,34H,3-4,14-17H2,1-2H3. The van der Waals surface area contributed by atoms with Gasteiger partial charge in [0.15, 0.2) is 5.65 Å². The number of rotatable bonds is 6. The molecule has 0 aliphatic carbocycles. The summed E-state index contributed by atoms with van der Waals surface area (Å²) in [5.74, 6) is -0.203. The van der Waals surface area contributed by atoms with Gasteiger partial charge in [0.05, 0.1) is 36.5 Å². The average molecular weight is 472 g/mol. The van der Waals surface area contributed by atoms with Crippen molar-refractivity contribution in [3.63, 3.8) is 0 Å². The first kappa shape index (κ1) is 22.9. The Bertz CT molecular complexity index is 1350. The highest BCUT2D eigenvalue weighted by Gasteiger charge is 2.27. The lowest BCUT2D eigenvalue weighted by atomic mass is 10.0. The zero-order valence-electron chi connectivity index (χ0n) is 20.0. The molecule has 0 radical (unpaired) electrons. The van der Waals surface area contributed by atoms with Crippen molar-refractivity contribution < 1.29 is 14.6 Å². The molecule has 1 N–H and O–H groups in total. The Balaban J connectivity index is 1.60. The van der Waals surface area contributed by atoms with Crippen molar-refractivity contribution in [2.75, 3.05) is 42.6 Å². The van der Waals surface area contributed by atoms with Crippen molar-refractivity contribution in [2.45, 2.75) is 20.3 Å². The average Bonchev–Trinajstić information content (AvgIpc) is 3.35. The van der Waals surface area contributed by atoms with Gasteiger partial charge in [-0.25, -0.2) is 4.98 Å². The van der Waals surface area contributed by atoms with E-state index in [0.29, 0.717) is 48.6 Å². The number of morpholine rings is 1. The molecular formula is C27H29N5O3. The van der Waals surface area contributed by atoms with Crippen LogP contribution in [0.15, 0.2) is 60.8 Å². The monoisotopic (exact) mass is 471 g/mol. The third-order valence-corrected chi connectivity index (χ3v) is 6.43. The van der Waals surface area contributed by atoms with Crippen molar-refractivity contribution >= 4 is 22.9 Å². The molecule has 3 heterocycles. The topological polar surface area (TPSA) is 83.2 Å². The highest BCUT2D eigenvalue weighted by molar-refractivity contribution is 6.11. The van der Waals surface area contributed by atoms with Gasteiger partial charge in [-0.3, -0.25) is 4.79 Å². The maximum Gasteiger partial charge on any atom is 0.263 e. The van der Waals surface area contributed by atoms with E-state index in [0.717, 1.165) is 30.0 Å². The summed E-state index contributed by atoms with van der Waals surface area (Å²) in [6.45, 7) is 7.26. The van der Waals surface area contributed by atoms with E-state index in [1.165, 1.54) is 10.7 Å². The van der Waals surface area contributed by atoms with Gasteiger partial charge in [-0.1, -0.05) is 49.4 Å². The van der Waals surface area contributed by atoms with Crippen LogP contribution < -0.4 is 9.80 Å². The molecule has 1 fully saturated rings. The van der Waals surface area contributed by atoms with Crippen LogP contribution in [0.3, 0.4) is 0 Å². The third-order valence-electron chi connectivity index (χ3n) is 6.43. The van der Waals surface area contributed by atoms with Crippen molar-refractivity contribution in [1.29, 1.82) is 0 Å². The molecule has 0 unspecified atom stereocenters. The minimum absolute atomic E-state index is 0.00664. The van der Waals surface area contributed by atoms with E-state index in [1.54, 1.807) is 4.90 Å². The van der Waals surface area contributed by atoms with Crippen molar-refractivity contribution in [3.05, 3.63) is 71.9 Å². The van der Waals surface area contributed by atoms with Crippen LogP contribution in [0, 0.1) is 0 Å². The number of hydrogen-bond donors (Lipinski definition) is 1. The molecule has 0 saturated carbocycles. The van der Waals surface area contributed by atoms with Crippen LogP contribution in [0.5, 0.6) is 5.88 Å². The molecule has 0 spiro atoms. The summed E-state index contributed by atoms with van der Waals surface area (Å²) < 4.78 is 6.88. The summed E-state index contributed by atoms with van der Waals surface area (Å²) in [4.78, 5) is 22.7. The Morgan fingerprint density at radius 3 is 2.49 bits per heavy atom. The molecule has 1 aliphatic heterocycles. The maximum atomic E-state index is 13.9. The largest absolute Gasteiger partial charge is 0.493 e. The molecule has 4 aromatic rings. The van der Waals surface area contributed by atoms with Crippen molar-refractivity contribution in [1.82, 2.24) is 14.6 Å². The SMILES string of the molecule is CCc1c(-c2ccccc2)nc2c(C(=O)N(CC)c3ccccc3N3CCOCC3)cnn2c1O. The number of ether oxygens (including phenoxy) is 1. The number of nitrogens with zero attached hydrogens (tertiary/aromatic N) is 5. The van der Waals surface area contributed by atoms with Crippen molar-refractivity contribution in [2.24, 2.45) is 0 Å². The second-order valence-corrected chi connectivity index (χ2v) is 8.41. The highest BCUT2D eigenvalue weighted by atomic mass is 16.5. The summed E-state index contributed by atoms with van der Waals surface area (Å²) in [5, 5.41) is 15.4. The summed E-state index contributed by atoms with van der Waals surface area (Å²) >= 11 is 0. The van der Waals surface area contributed by atoms with E-state index >= 15 is 0 Å². The van der Waals surface area contributed by atoms with E-state index in [9.17, 15) is 9.90 Å². The van der Waals surface area contributed by atoms with E-state index in [4.69, 9.17) is 9.72 Å². The normalized spacial score (nSPS) is 13.8. The van der Waals surface area contributed by atoms with Gasteiger partial charge in [0.25, 0.3) is 5.91 Å². The number of fused-ring (bicyclic) bond motifs is 1. The van der Waals surface area contributed by atoms with Crippen LogP contribution in [0.2, 0.25) is 0 Å². The van der Waals surface area contributed by atoms with Crippen LogP contribution in [0.4, 0.5) is 11.4 Å². The fourth-order valence-corrected chi connectivity index (χ4v) is 4.66. The number of para-hydroxylation sites is 2. The van der Waals surface area contributed by atoms with Gasteiger partial charge in [-0.15, -0.1) is 0 Å². The summed E-state index contributed by atoms with van der Waals surface area (Å²) in [7, 11) is 0. The number of benzene rings is 2.